The minimum absolute atomic E-state index is 0.0306. The zero-order chi connectivity index (χ0) is 27.1. The summed E-state index contributed by atoms with van der Waals surface area (Å²) in [6.07, 6.45) is -2.50. The minimum atomic E-state index is -4.60. The molecule has 0 saturated heterocycles. The molecule has 0 spiro atoms. The molecule has 0 saturated carbocycles. The molecule has 194 valence electrons. The third-order valence-electron chi connectivity index (χ3n) is 5.72. The molecule has 0 bridgehead atoms. The monoisotopic (exact) mass is 519 g/mol. The van der Waals surface area contributed by atoms with Crippen molar-refractivity contribution < 1.29 is 31.9 Å². The van der Waals surface area contributed by atoms with Gasteiger partial charge in [0.2, 0.25) is 0 Å². The number of halogens is 4. The molecule has 0 fully saturated rings. The quantitative estimate of drug-likeness (QED) is 0.318. The zero-order valence-corrected chi connectivity index (χ0v) is 19.9. The number of hydrazine groups is 1. The van der Waals surface area contributed by atoms with Crippen LogP contribution in [-0.4, -0.2) is 62.3 Å². The van der Waals surface area contributed by atoms with Gasteiger partial charge in [0.05, 0.1) is 46.0 Å². The first-order valence-corrected chi connectivity index (χ1v) is 10.7. The number of hydrogen-bond donors (Lipinski definition) is 1. The highest BCUT2D eigenvalue weighted by Crippen LogP contribution is 2.31. The van der Waals surface area contributed by atoms with E-state index in [2.05, 4.69) is 15.1 Å². The fraction of sp³-hybridized carbons (Fsp3) is 0.261. The zero-order valence-electron chi connectivity index (χ0n) is 19.9. The number of nitrogens with two attached hydrogens (primary N) is 1. The van der Waals surface area contributed by atoms with Gasteiger partial charge in [0.15, 0.2) is 0 Å². The van der Waals surface area contributed by atoms with Gasteiger partial charge in [0.25, 0.3) is 11.8 Å². The Labute approximate surface area is 207 Å². The number of hydrogen-bond acceptors (Lipinski definition) is 7. The van der Waals surface area contributed by atoms with Gasteiger partial charge in [-0.1, -0.05) is 0 Å². The van der Waals surface area contributed by atoms with Crippen molar-refractivity contribution in [2.24, 2.45) is 7.05 Å². The second-order valence-corrected chi connectivity index (χ2v) is 8.13. The third kappa shape index (κ3) is 4.87. The number of anilines is 1. The molecule has 0 radical (unpaired) electrons. The molecule has 0 aliphatic heterocycles. The number of pyridine rings is 2. The summed E-state index contributed by atoms with van der Waals surface area (Å²) >= 11 is 0. The van der Waals surface area contributed by atoms with Gasteiger partial charge in [0, 0.05) is 38.9 Å². The average molecular weight is 519 g/mol. The molecular formula is C23H21F4N7O3. The molecule has 2 amide bonds. The summed E-state index contributed by atoms with van der Waals surface area (Å²) in [6, 6.07) is 4.18. The van der Waals surface area contributed by atoms with Crippen LogP contribution >= 0.6 is 0 Å². The van der Waals surface area contributed by atoms with E-state index in [4.69, 9.17) is 10.5 Å². The van der Waals surface area contributed by atoms with Gasteiger partial charge in [-0.15, -0.1) is 0 Å². The van der Waals surface area contributed by atoms with Gasteiger partial charge in [-0.25, -0.2) is 14.4 Å². The van der Waals surface area contributed by atoms with Crippen LogP contribution in [0.3, 0.4) is 0 Å². The van der Waals surface area contributed by atoms with E-state index in [9.17, 15) is 22.8 Å². The van der Waals surface area contributed by atoms with Crippen molar-refractivity contribution in [2.75, 3.05) is 26.5 Å². The van der Waals surface area contributed by atoms with Crippen LogP contribution in [0.5, 0.6) is 0 Å². The molecule has 2 N–H and O–H groups in total. The van der Waals surface area contributed by atoms with Crippen molar-refractivity contribution in [3.05, 3.63) is 59.3 Å². The first-order chi connectivity index (χ1) is 17.4. The van der Waals surface area contributed by atoms with Crippen LogP contribution in [-0.2, 0) is 29.3 Å². The lowest BCUT2D eigenvalue weighted by molar-refractivity contribution is -0.146. The smallest absolute Gasteiger partial charge is 0.383 e. The van der Waals surface area contributed by atoms with Crippen LogP contribution in [0.4, 0.5) is 23.4 Å². The number of carbonyl (C=O) groups is 2. The van der Waals surface area contributed by atoms with Crippen LogP contribution < -0.4 is 5.73 Å². The van der Waals surface area contributed by atoms with Gasteiger partial charge in [0.1, 0.15) is 18.2 Å². The summed E-state index contributed by atoms with van der Waals surface area (Å²) in [5, 5.41) is 6.79. The van der Waals surface area contributed by atoms with Crippen molar-refractivity contribution in [1.29, 1.82) is 0 Å². The maximum absolute atomic E-state index is 15.2. The highest BCUT2D eigenvalue weighted by atomic mass is 19.4. The van der Waals surface area contributed by atoms with Gasteiger partial charge >= 0.3 is 6.18 Å². The number of methoxy groups -OCH3 is 1. The van der Waals surface area contributed by atoms with Crippen molar-refractivity contribution >= 4 is 39.4 Å². The van der Waals surface area contributed by atoms with Crippen LogP contribution in [0.2, 0.25) is 0 Å². The van der Waals surface area contributed by atoms with Crippen LogP contribution in [0.1, 0.15) is 21.6 Å². The fourth-order valence-corrected chi connectivity index (χ4v) is 3.79. The Morgan fingerprint density at radius 3 is 2.51 bits per heavy atom. The van der Waals surface area contributed by atoms with Gasteiger partial charge < -0.3 is 10.5 Å². The summed E-state index contributed by atoms with van der Waals surface area (Å²) in [6.45, 7) is -0.832. The second kappa shape index (κ2) is 9.61. The number of aromatic nitrogens is 4. The van der Waals surface area contributed by atoms with E-state index in [1.54, 1.807) is 7.05 Å². The van der Waals surface area contributed by atoms with Crippen LogP contribution in [0, 0.1) is 5.82 Å². The molecule has 0 aliphatic carbocycles. The number of rotatable bonds is 5. The normalized spacial score (nSPS) is 11.8. The first-order valence-electron chi connectivity index (χ1n) is 10.7. The summed E-state index contributed by atoms with van der Waals surface area (Å²) in [4.78, 5) is 34.1. The molecule has 37 heavy (non-hydrogen) atoms. The number of nitrogen functional groups attached to an aromatic ring is 1. The Balaban J connectivity index is 1.79. The van der Waals surface area contributed by atoms with E-state index in [-0.39, 0.29) is 17.0 Å². The predicted octanol–water partition coefficient (Wildman–Crippen LogP) is 2.92. The number of nitrogens with zero attached hydrogens (tertiary/aromatic N) is 6. The molecule has 4 rings (SSSR count). The number of fused-ring (bicyclic) bond motifs is 3. The minimum Gasteiger partial charge on any atom is -0.383 e. The lowest BCUT2D eigenvalue weighted by Gasteiger charge is -2.31. The summed E-state index contributed by atoms with van der Waals surface area (Å²) in [7, 11) is 4.17. The van der Waals surface area contributed by atoms with Crippen LogP contribution in [0.25, 0.3) is 21.8 Å². The maximum Gasteiger partial charge on any atom is 0.417 e. The van der Waals surface area contributed by atoms with E-state index in [0.29, 0.717) is 22.5 Å². The largest absolute Gasteiger partial charge is 0.417 e. The van der Waals surface area contributed by atoms with E-state index in [0.717, 1.165) is 28.2 Å². The molecule has 3 heterocycles. The first kappa shape index (κ1) is 25.8. The molecular weight excluding hydrogens is 498 g/mol. The lowest BCUT2D eigenvalue weighted by Crippen LogP contribution is -2.48. The standard InChI is InChI=1S/C23H21F4N7O3/c1-32-20-15-6-14(17(24)7-18(15)31-21(28)16(20)9-30-32)22(36)34(33(2)19(35)11-37-3)10-13-5-4-12(8-29-13)23(25,26)27/h4-9H,10-11H2,1-3H3,(H2,28,31). The lowest BCUT2D eigenvalue weighted by atomic mass is 10.1. The number of aryl methyl sites for hydroxylation is 1. The Morgan fingerprint density at radius 1 is 1.16 bits per heavy atom. The molecule has 4 aromatic rings. The number of carbonyl (C=O) groups excluding carboxylic acids is 2. The molecule has 0 atom stereocenters. The van der Waals surface area contributed by atoms with Crippen molar-refractivity contribution in [1.82, 2.24) is 29.8 Å². The van der Waals surface area contributed by atoms with E-state index >= 15 is 4.39 Å². The number of alkyl halides is 3. The molecule has 10 nitrogen and oxygen atoms in total. The van der Waals surface area contributed by atoms with E-state index < -0.39 is 48.1 Å². The number of likely N-dealkylation sites (N-methyl/N-ethyl adjacent to an activating group) is 1. The summed E-state index contributed by atoms with van der Waals surface area (Å²) in [5.74, 6) is -2.41. The van der Waals surface area contributed by atoms with E-state index in [1.807, 2.05) is 0 Å². The van der Waals surface area contributed by atoms with E-state index in [1.165, 1.54) is 31.1 Å². The van der Waals surface area contributed by atoms with Gasteiger partial charge in [-0.2, -0.15) is 18.3 Å². The van der Waals surface area contributed by atoms with Gasteiger partial charge in [-0.3, -0.25) is 24.3 Å². The highest BCUT2D eigenvalue weighted by Gasteiger charge is 2.32. The fourth-order valence-electron chi connectivity index (χ4n) is 3.79. The topological polar surface area (TPSA) is 119 Å². The second-order valence-electron chi connectivity index (χ2n) is 8.13. The summed E-state index contributed by atoms with van der Waals surface area (Å²) in [5.41, 5.74) is 5.29. The molecule has 1 aromatic carbocycles. The molecule has 14 heteroatoms. The summed E-state index contributed by atoms with van der Waals surface area (Å²) < 4.78 is 60.3. The average Bonchev–Trinajstić information content (AvgIpc) is 3.23. The Hall–Kier alpha value is -4.33. The Bertz CT molecular complexity index is 1500. The number of ether oxygens (including phenoxy) is 1. The third-order valence-corrected chi connectivity index (χ3v) is 5.72. The van der Waals surface area contributed by atoms with Crippen molar-refractivity contribution in [3.63, 3.8) is 0 Å². The molecule has 3 aromatic heterocycles. The van der Waals surface area contributed by atoms with Crippen LogP contribution in [0.15, 0.2) is 36.7 Å². The van der Waals surface area contributed by atoms with Gasteiger partial charge in [-0.05, 0) is 18.2 Å². The molecule has 0 aliphatic rings. The van der Waals surface area contributed by atoms with Crippen molar-refractivity contribution in [2.45, 2.75) is 12.7 Å². The van der Waals surface area contributed by atoms with Crippen molar-refractivity contribution in [3.8, 4) is 0 Å². The number of benzene rings is 1. The number of amides is 2. The Morgan fingerprint density at radius 2 is 1.89 bits per heavy atom. The maximum atomic E-state index is 15.2. The predicted molar refractivity (Wildman–Crippen MR) is 124 cm³/mol. The SMILES string of the molecule is COCC(=O)N(C)N(Cc1ccc(C(F)(F)F)cn1)C(=O)c1cc2c(cc1F)nc(N)c1cnn(C)c12. The molecule has 0 unspecified atom stereocenters. The highest BCUT2D eigenvalue weighted by molar-refractivity contribution is 6.10. The Kier molecular flexibility index (Phi) is 6.69.